The van der Waals surface area contributed by atoms with Crippen LogP contribution in [-0.2, 0) is 17.9 Å². The molecule has 2 aromatic heterocycles. The van der Waals surface area contributed by atoms with E-state index in [1.165, 1.54) is 11.3 Å². The first-order valence-electron chi connectivity index (χ1n) is 8.74. The lowest BCUT2D eigenvalue weighted by Crippen LogP contribution is -2.40. The van der Waals surface area contributed by atoms with Gasteiger partial charge < -0.3 is 27.2 Å². The molecular weight excluding hydrogens is 380 g/mol. The molecule has 0 saturated heterocycles. The molecule has 0 unspecified atom stereocenters. The summed E-state index contributed by atoms with van der Waals surface area (Å²) >= 11 is 1.32. The molecule has 0 aliphatic rings. The molecule has 0 saturated carbocycles. The number of aliphatic imine (C=N–C) groups is 1. The summed E-state index contributed by atoms with van der Waals surface area (Å²) in [6, 6.07) is 8.26. The summed E-state index contributed by atoms with van der Waals surface area (Å²) in [5.74, 6) is -1.54. The van der Waals surface area contributed by atoms with Gasteiger partial charge in [-0.25, -0.2) is 4.79 Å². The number of pyridine rings is 1. The first-order valence-corrected chi connectivity index (χ1v) is 9.55. The summed E-state index contributed by atoms with van der Waals surface area (Å²) in [4.78, 5) is 33.2. The quantitative estimate of drug-likeness (QED) is 0.209. The van der Waals surface area contributed by atoms with E-state index in [4.69, 9.17) is 11.5 Å². The van der Waals surface area contributed by atoms with E-state index < -0.39 is 17.9 Å². The maximum absolute atomic E-state index is 12.3. The fourth-order valence-corrected chi connectivity index (χ4v) is 3.28. The van der Waals surface area contributed by atoms with Gasteiger partial charge in [0.1, 0.15) is 6.04 Å². The molecule has 2 rings (SSSR count). The van der Waals surface area contributed by atoms with Crippen LogP contribution in [0.15, 0.2) is 41.5 Å². The molecule has 1 amide bonds. The van der Waals surface area contributed by atoms with Gasteiger partial charge in [0.05, 0.1) is 10.6 Å². The number of carboxylic acid groups (broad SMARTS) is 1. The summed E-state index contributed by atoms with van der Waals surface area (Å²) in [6.45, 7) is 1.53. The number of carbonyl (C=O) groups is 2. The van der Waals surface area contributed by atoms with Crippen LogP contribution >= 0.6 is 11.3 Å². The van der Waals surface area contributed by atoms with Crippen LogP contribution in [-0.4, -0.2) is 40.5 Å². The van der Waals surface area contributed by atoms with E-state index >= 15 is 0 Å². The van der Waals surface area contributed by atoms with Crippen LogP contribution in [0.1, 0.15) is 33.1 Å². The van der Waals surface area contributed by atoms with Crippen molar-refractivity contribution in [1.82, 2.24) is 15.6 Å². The van der Waals surface area contributed by atoms with E-state index in [0.29, 0.717) is 30.9 Å². The normalized spacial score (nSPS) is 11.6. The fourth-order valence-electron chi connectivity index (χ4n) is 2.40. The van der Waals surface area contributed by atoms with Gasteiger partial charge in [0.2, 0.25) is 0 Å². The van der Waals surface area contributed by atoms with Gasteiger partial charge in [-0.15, -0.1) is 11.3 Å². The highest BCUT2D eigenvalue weighted by atomic mass is 32.1. The average Bonchev–Trinajstić information content (AvgIpc) is 3.13. The van der Waals surface area contributed by atoms with Crippen molar-refractivity contribution in [3.05, 3.63) is 52.0 Å². The lowest BCUT2D eigenvalue weighted by atomic mass is 10.1. The summed E-state index contributed by atoms with van der Waals surface area (Å²) in [7, 11) is 0. The largest absolute Gasteiger partial charge is 0.480 e. The summed E-state index contributed by atoms with van der Waals surface area (Å²) in [5, 5.41) is 15.1. The van der Waals surface area contributed by atoms with Crippen molar-refractivity contribution in [2.75, 3.05) is 6.54 Å². The SMILES string of the molecule is NC(N)=NCCC[C@H](NC(=O)c1ccc(CNCc2ccccn2)s1)C(=O)O. The molecule has 0 aliphatic heterocycles. The number of rotatable bonds is 11. The van der Waals surface area contributed by atoms with Gasteiger partial charge in [-0.05, 0) is 37.1 Å². The molecule has 28 heavy (non-hydrogen) atoms. The highest BCUT2D eigenvalue weighted by Gasteiger charge is 2.21. The van der Waals surface area contributed by atoms with Gasteiger partial charge in [-0.1, -0.05) is 6.07 Å². The number of aromatic nitrogens is 1. The van der Waals surface area contributed by atoms with Crippen molar-refractivity contribution in [1.29, 1.82) is 0 Å². The van der Waals surface area contributed by atoms with Crippen LogP contribution in [0.5, 0.6) is 0 Å². The van der Waals surface area contributed by atoms with Crippen LogP contribution in [0.25, 0.3) is 0 Å². The number of aliphatic carboxylic acids is 1. The van der Waals surface area contributed by atoms with Crippen molar-refractivity contribution >= 4 is 29.2 Å². The molecule has 7 N–H and O–H groups in total. The molecule has 2 heterocycles. The standard InChI is InChI=1S/C18H24N6O3S/c19-18(20)23-9-3-5-14(17(26)27)24-16(25)15-7-6-13(28-15)11-21-10-12-4-1-2-8-22-12/h1-2,4,6-8,14,21H,3,5,9-11H2,(H,24,25)(H,26,27)(H4,19,20,23)/t14-/m0/s1. The maximum Gasteiger partial charge on any atom is 0.326 e. The lowest BCUT2D eigenvalue weighted by Gasteiger charge is -2.13. The topological polar surface area (TPSA) is 156 Å². The van der Waals surface area contributed by atoms with Gasteiger partial charge in [0.15, 0.2) is 5.96 Å². The Balaban J connectivity index is 1.82. The van der Waals surface area contributed by atoms with Crippen LogP contribution in [0, 0.1) is 0 Å². The first kappa shape index (κ1) is 21.3. The highest BCUT2D eigenvalue weighted by Crippen LogP contribution is 2.17. The van der Waals surface area contributed by atoms with Crippen molar-refractivity contribution in [3.63, 3.8) is 0 Å². The summed E-state index contributed by atoms with van der Waals surface area (Å²) < 4.78 is 0. The second-order valence-electron chi connectivity index (χ2n) is 6.00. The number of guanidine groups is 1. The predicted octanol–water partition coefficient (Wildman–Crippen LogP) is 0.670. The van der Waals surface area contributed by atoms with Gasteiger partial charge >= 0.3 is 5.97 Å². The number of nitrogens with two attached hydrogens (primary N) is 2. The average molecular weight is 404 g/mol. The Morgan fingerprint density at radius 3 is 2.71 bits per heavy atom. The Morgan fingerprint density at radius 2 is 2.04 bits per heavy atom. The number of nitrogens with one attached hydrogen (secondary N) is 2. The Bertz CT molecular complexity index is 805. The van der Waals surface area contributed by atoms with Gasteiger partial charge in [0.25, 0.3) is 5.91 Å². The lowest BCUT2D eigenvalue weighted by molar-refractivity contribution is -0.139. The molecule has 0 fully saturated rings. The molecule has 0 aliphatic carbocycles. The van der Waals surface area contributed by atoms with Crippen molar-refractivity contribution in [2.24, 2.45) is 16.5 Å². The minimum absolute atomic E-state index is 0.0429. The summed E-state index contributed by atoms with van der Waals surface area (Å²) in [6.07, 6.45) is 2.42. The number of nitrogens with zero attached hydrogens (tertiary/aromatic N) is 2. The van der Waals surface area contributed by atoms with E-state index in [-0.39, 0.29) is 12.4 Å². The molecule has 2 aromatic rings. The summed E-state index contributed by atoms with van der Waals surface area (Å²) in [5.41, 5.74) is 11.4. The fraction of sp³-hybridized carbons (Fsp3) is 0.333. The van der Waals surface area contributed by atoms with Crippen LogP contribution in [0.3, 0.4) is 0 Å². The van der Waals surface area contributed by atoms with E-state index in [9.17, 15) is 14.7 Å². The maximum atomic E-state index is 12.3. The molecule has 9 nitrogen and oxygen atoms in total. The molecule has 0 spiro atoms. The third kappa shape index (κ3) is 7.33. The molecule has 0 bridgehead atoms. The third-order valence-electron chi connectivity index (χ3n) is 3.77. The minimum Gasteiger partial charge on any atom is -0.480 e. The number of amides is 1. The zero-order valence-corrected chi connectivity index (χ0v) is 16.1. The number of carbonyl (C=O) groups excluding carboxylic acids is 1. The number of hydrogen-bond donors (Lipinski definition) is 5. The van der Waals surface area contributed by atoms with Crippen molar-refractivity contribution < 1.29 is 14.7 Å². The van der Waals surface area contributed by atoms with Crippen LogP contribution < -0.4 is 22.1 Å². The van der Waals surface area contributed by atoms with E-state index in [0.717, 1.165) is 10.6 Å². The Hall–Kier alpha value is -2.98. The zero-order valence-electron chi connectivity index (χ0n) is 15.3. The highest BCUT2D eigenvalue weighted by molar-refractivity contribution is 7.14. The molecular formula is C18H24N6O3S. The number of carboxylic acids is 1. The Morgan fingerprint density at radius 1 is 1.21 bits per heavy atom. The van der Waals surface area contributed by atoms with Crippen LogP contribution in [0.4, 0.5) is 0 Å². The van der Waals surface area contributed by atoms with E-state index in [1.807, 2.05) is 24.3 Å². The van der Waals surface area contributed by atoms with Gasteiger partial charge in [0, 0.05) is 30.7 Å². The number of thiophene rings is 1. The van der Waals surface area contributed by atoms with Crippen molar-refractivity contribution in [2.45, 2.75) is 32.0 Å². The molecule has 10 heteroatoms. The molecule has 0 radical (unpaired) electrons. The second-order valence-corrected chi connectivity index (χ2v) is 7.17. The van der Waals surface area contributed by atoms with E-state index in [2.05, 4.69) is 20.6 Å². The zero-order chi connectivity index (χ0) is 20.4. The molecule has 150 valence electrons. The van der Waals surface area contributed by atoms with E-state index in [1.54, 1.807) is 12.3 Å². The third-order valence-corrected chi connectivity index (χ3v) is 4.85. The Labute approximate surface area is 166 Å². The Kier molecular flexibility index (Phi) is 8.37. The van der Waals surface area contributed by atoms with Gasteiger partial charge in [-0.3, -0.25) is 14.8 Å². The van der Waals surface area contributed by atoms with Crippen LogP contribution in [0.2, 0.25) is 0 Å². The minimum atomic E-state index is -1.09. The predicted molar refractivity (Wildman–Crippen MR) is 108 cm³/mol. The molecule has 0 aromatic carbocycles. The monoisotopic (exact) mass is 404 g/mol. The second kappa shape index (κ2) is 11.0. The molecule has 1 atom stereocenters. The first-order chi connectivity index (χ1) is 13.5. The van der Waals surface area contributed by atoms with Gasteiger partial charge in [-0.2, -0.15) is 0 Å². The smallest absolute Gasteiger partial charge is 0.326 e. The number of hydrogen-bond acceptors (Lipinski definition) is 6. The van der Waals surface area contributed by atoms with Crippen molar-refractivity contribution in [3.8, 4) is 0 Å².